The van der Waals surface area contributed by atoms with E-state index in [2.05, 4.69) is 5.32 Å². The van der Waals surface area contributed by atoms with Gasteiger partial charge in [-0.2, -0.15) is 13.2 Å². The number of hydrogen-bond donors (Lipinski definition) is 2. The van der Waals surface area contributed by atoms with Crippen LogP contribution in [-0.4, -0.2) is 42.0 Å². The highest BCUT2D eigenvalue weighted by molar-refractivity contribution is 5.93. The first-order valence-electron chi connectivity index (χ1n) is 7.63. The van der Waals surface area contributed by atoms with Crippen LogP contribution in [0.5, 0.6) is 0 Å². The van der Waals surface area contributed by atoms with E-state index < -0.39 is 23.3 Å². The van der Waals surface area contributed by atoms with Crippen molar-refractivity contribution in [3.8, 4) is 0 Å². The molecule has 23 heavy (non-hydrogen) atoms. The van der Waals surface area contributed by atoms with Crippen LogP contribution in [0.3, 0.4) is 0 Å². The van der Waals surface area contributed by atoms with Gasteiger partial charge in [0.1, 0.15) is 11.3 Å². The van der Waals surface area contributed by atoms with E-state index in [1.165, 1.54) is 4.90 Å². The largest absolute Gasteiger partial charge is 0.431 e. The molecule has 0 aromatic carbocycles. The van der Waals surface area contributed by atoms with E-state index >= 15 is 0 Å². The molecule has 128 valence electrons. The highest BCUT2D eigenvalue weighted by Crippen LogP contribution is 2.26. The molecule has 0 bridgehead atoms. The molecule has 0 atom stereocenters. The molecule has 1 aliphatic heterocycles. The van der Waals surface area contributed by atoms with Crippen molar-refractivity contribution in [1.29, 1.82) is 0 Å². The van der Waals surface area contributed by atoms with E-state index in [4.69, 9.17) is 0 Å². The molecule has 1 aromatic heterocycles. The van der Waals surface area contributed by atoms with Crippen LogP contribution in [-0.2, 0) is 6.18 Å². The van der Waals surface area contributed by atoms with E-state index in [-0.39, 0.29) is 5.56 Å². The molecule has 1 aliphatic rings. The van der Waals surface area contributed by atoms with Gasteiger partial charge in [-0.3, -0.25) is 9.59 Å². The Morgan fingerprint density at radius 1 is 1.35 bits per heavy atom. The van der Waals surface area contributed by atoms with Gasteiger partial charge in [-0.25, -0.2) is 0 Å². The van der Waals surface area contributed by atoms with Gasteiger partial charge in [0.2, 0.25) is 0 Å². The summed E-state index contributed by atoms with van der Waals surface area (Å²) in [4.78, 5) is 27.3. The summed E-state index contributed by atoms with van der Waals surface area (Å²) in [6.45, 7) is 4.82. The van der Waals surface area contributed by atoms with Crippen LogP contribution < -0.4 is 10.9 Å². The number of rotatable bonds is 4. The number of aromatic amines is 1. The number of nitrogens with one attached hydrogen (secondary N) is 2. The maximum Gasteiger partial charge on any atom is 0.431 e. The monoisotopic (exact) mass is 331 g/mol. The van der Waals surface area contributed by atoms with Crippen LogP contribution in [0.1, 0.15) is 35.8 Å². The summed E-state index contributed by atoms with van der Waals surface area (Å²) in [5, 5.41) is 3.26. The van der Waals surface area contributed by atoms with Crippen molar-refractivity contribution in [2.45, 2.75) is 25.9 Å². The summed E-state index contributed by atoms with van der Waals surface area (Å²) in [5.41, 5.74) is -2.40. The fourth-order valence-corrected chi connectivity index (χ4v) is 2.67. The number of amides is 1. The molecule has 0 unspecified atom stereocenters. The standard InChI is InChI=1S/C15H20F3N3O2/c1-2-19-9-10-5-7-21(8-6-10)14(23)11-3-4-12(15(16,17)18)20-13(11)22/h3-4,10,19H,2,5-9H2,1H3,(H,20,22). The highest BCUT2D eigenvalue weighted by Gasteiger charge is 2.33. The Kier molecular flexibility index (Phi) is 5.46. The summed E-state index contributed by atoms with van der Waals surface area (Å²) >= 11 is 0. The third-order valence-corrected chi connectivity index (χ3v) is 4.03. The number of carbonyl (C=O) groups excluding carboxylic acids is 1. The number of alkyl halides is 3. The van der Waals surface area contributed by atoms with Gasteiger partial charge in [0.25, 0.3) is 11.5 Å². The molecule has 0 saturated carbocycles. The van der Waals surface area contributed by atoms with Crippen LogP contribution in [0.25, 0.3) is 0 Å². The van der Waals surface area contributed by atoms with Crippen molar-refractivity contribution in [2.24, 2.45) is 5.92 Å². The number of pyridine rings is 1. The normalized spacial score (nSPS) is 16.6. The minimum Gasteiger partial charge on any atom is -0.338 e. The number of likely N-dealkylation sites (tertiary alicyclic amines) is 1. The average molecular weight is 331 g/mol. The zero-order valence-corrected chi connectivity index (χ0v) is 12.9. The first-order valence-corrected chi connectivity index (χ1v) is 7.63. The second-order valence-corrected chi connectivity index (χ2v) is 5.66. The van der Waals surface area contributed by atoms with Crippen LogP contribution >= 0.6 is 0 Å². The van der Waals surface area contributed by atoms with Crippen LogP contribution in [0.4, 0.5) is 13.2 Å². The minimum atomic E-state index is -4.63. The molecule has 8 heteroatoms. The Morgan fingerprint density at radius 2 is 2.00 bits per heavy atom. The third kappa shape index (κ3) is 4.34. The summed E-state index contributed by atoms with van der Waals surface area (Å²) in [5.74, 6) is -0.0354. The molecule has 1 amide bonds. The average Bonchev–Trinajstić information content (AvgIpc) is 2.52. The Hall–Kier alpha value is -1.83. The van der Waals surface area contributed by atoms with Crippen molar-refractivity contribution >= 4 is 5.91 Å². The Labute approximate surface area is 131 Å². The predicted molar refractivity (Wildman–Crippen MR) is 79.2 cm³/mol. The van der Waals surface area contributed by atoms with E-state index in [0.717, 1.165) is 38.1 Å². The second-order valence-electron chi connectivity index (χ2n) is 5.66. The number of nitrogens with zero attached hydrogens (tertiary/aromatic N) is 1. The summed E-state index contributed by atoms with van der Waals surface area (Å²) in [7, 11) is 0. The van der Waals surface area contributed by atoms with Crippen molar-refractivity contribution in [3.05, 3.63) is 33.7 Å². The van der Waals surface area contributed by atoms with E-state index in [1.807, 2.05) is 6.92 Å². The SMILES string of the molecule is CCNCC1CCN(C(=O)c2ccc(C(F)(F)F)[nH]c2=O)CC1. The maximum absolute atomic E-state index is 12.5. The Bertz CT molecular complexity index is 605. The van der Waals surface area contributed by atoms with E-state index in [0.29, 0.717) is 19.0 Å². The van der Waals surface area contributed by atoms with E-state index in [9.17, 15) is 22.8 Å². The van der Waals surface area contributed by atoms with Gasteiger partial charge in [-0.1, -0.05) is 6.92 Å². The molecule has 0 radical (unpaired) electrons. The molecular weight excluding hydrogens is 311 g/mol. The van der Waals surface area contributed by atoms with Gasteiger partial charge in [0.15, 0.2) is 0 Å². The van der Waals surface area contributed by atoms with Gasteiger partial charge < -0.3 is 15.2 Å². The lowest BCUT2D eigenvalue weighted by atomic mass is 9.96. The van der Waals surface area contributed by atoms with Crippen molar-refractivity contribution < 1.29 is 18.0 Å². The molecular formula is C15H20F3N3O2. The molecule has 2 N–H and O–H groups in total. The summed E-state index contributed by atoms with van der Waals surface area (Å²) < 4.78 is 37.6. The Morgan fingerprint density at radius 3 is 2.52 bits per heavy atom. The number of carbonyl (C=O) groups is 1. The highest BCUT2D eigenvalue weighted by atomic mass is 19.4. The van der Waals surface area contributed by atoms with Gasteiger partial charge in [0, 0.05) is 13.1 Å². The van der Waals surface area contributed by atoms with Gasteiger partial charge >= 0.3 is 6.18 Å². The fraction of sp³-hybridized carbons (Fsp3) is 0.600. The van der Waals surface area contributed by atoms with Crippen molar-refractivity contribution in [2.75, 3.05) is 26.2 Å². The molecule has 2 rings (SSSR count). The molecule has 2 heterocycles. The van der Waals surface area contributed by atoms with Crippen LogP contribution in [0.2, 0.25) is 0 Å². The smallest absolute Gasteiger partial charge is 0.338 e. The lowest BCUT2D eigenvalue weighted by Crippen LogP contribution is -2.42. The maximum atomic E-state index is 12.5. The van der Waals surface area contributed by atoms with Crippen LogP contribution in [0.15, 0.2) is 16.9 Å². The number of H-pyrrole nitrogens is 1. The number of aromatic nitrogens is 1. The topological polar surface area (TPSA) is 65.2 Å². The second kappa shape index (κ2) is 7.16. The zero-order chi connectivity index (χ0) is 17.0. The van der Waals surface area contributed by atoms with Gasteiger partial charge in [-0.15, -0.1) is 0 Å². The molecule has 5 nitrogen and oxygen atoms in total. The molecule has 1 aromatic rings. The number of halogens is 3. The van der Waals surface area contributed by atoms with Crippen LogP contribution in [0, 0.1) is 5.92 Å². The van der Waals surface area contributed by atoms with E-state index in [1.54, 1.807) is 4.98 Å². The first-order chi connectivity index (χ1) is 10.8. The summed E-state index contributed by atoms with van der Waals surface area (Å²) in [6, 6.07) is 1.68. The summed E-state index contributed by atoms with van der Waals surface area (Å²) in [6.07, 6.45) is -3.00. The predicted octanol–water partition coefficient (Wildman–Crippen LogP) is 1.86. The molecule has 1 saturated heterocycles. The molecule has 0 aliphatic carbocycles. The number of hydrogen-bond acceptors (Lipinski definition) is 3. The molecule has 0 spiro atoms. The Balaban J connectivity index is 2.03. The lowest BCUT2D eigenvalue weighted by Gasteiger charge is -2.32. The van der Waals surface area contributed by atoms with Crippen molar-refractivity contribution in [1.82, 2.24) is 15.2 Å². The first kappa shape index (κ1) is 17.5. The fourth-order valence-electron chi connectivity index (χ4n) is 2.67. The number of piperidine rings is 1. The lowest BCUT2D eigenvalue weighted by molar-refractivity contribution is -0.141. The van der Waals surface area contributed by atoms with Gasteiger partial charge in [-0.05, 0) is 44.0 Å². The quantitative estimate of drug-likeness (QED) is 0.885. The third-order valence-electron chi connectivity index (χ3n) is 4.03. The minimum absolute atomic E-state index is 0.247. The zero-order valence-electron chi connectivity index (χ0n) is 12.9. The van der Waals surface area contributed by atoms with Crippen molar-refractivity contribution in [3.63, 3.8) is 0 Å². The molecule has 1 fully saturated rings. The van der Waals surface area contributed by atoms with Gasteiger partial charge in [0.05, 0.1) is 0 Å².